The minimum Gasteiger partial charge on any atom is -0.406 e. The maximum atomic E-state index is 5.56. The van der Waals surface area contributed by atoms with Gasteiger partial charge in [0, 0.05) is 12.2 Å². The van der Waals surface area contributed by atoms with Gasteiger partial charge in [-0.15, -0.1) is 5.10 Å². The Morgan fingerprint density at radius 2 is 2.11 bits per heavy atom. The molecule has 1 aromatic heterocycles. The van der Waals surface area contributed by atoms with Crippen molar-refractivity contribution in [2.24, 2.45) is 5.73 Å². The van der Waals surface area contributed by atoms with Crippen LogP contribution in [0.3, 0.4) is 0 Å². The van der Waals surface area contributed by atoms with Crippen LogP contribution in [0, 0.1) is 0 Å². The molecule has 2 N–H and O–H groups in total. The Morgan fingerprint density at radius 3 is 2.94 bits per heavy atom. The monoisotopic (exact) mass is 244 g/mol. The van der Waals surface area contributed by atoms with Crippen LogP contribution in [0.25, 0.3) is 0 Å². The molecule has 94 valence electrons. The Bertz CT molecular complexity index is 537. The predicted molar refractivity (Wildman–Crippen MR) is 68.6 cm³/mol. The zero-order chi connectivity index (χ0) is 12.4. The molecule has 5 heteroatoms. The highest BCUT2D eigenvalue weighted by atomic mass is 16.4. The molecule has 0 atom stereocenters. The van der Waals surface area contributed by atoms with E-state index in [-0.39, 0.29) is 6.54 Å². The normalized spacial score (nSPS) is 15.3. The van der Waals surface area contributed by atoms with E-state index >= 15 is 0 Å². The van der Waals surface area contributed by atoms with Crippen LogP contribution in [0.2, 0.25) is 0 Å². The third-order valence-corrected chi connectivity index (χ3v) is 3.22. The molecule has 0 spiro atoms. The molecule has 1 aromatic carbocycles. The molecule has 5 nitrogen and oxygen atoms in total. The summed E-state index contributed by atoms with van der Waals surface area (Å²) in [6.45, 7) is 1.19. The van der Waals surface area contributed by atoms with E-state index in [1.165, 1.54) is 17.7 Å². The van der Waals surface area contributed by atoms with Gasteiger partial charge in [-0.3, -0.25) is 4.90 Å². The van der Waals surface area contributed by atoms with E-state index in [4.69, 9.17) is 10.2 Å². The summed E-state index contributed by atoms with van der Waals surface area (Å²) in [7, 11) is 0. The van der Waals surface area contributed by atoms with Gasteiger partial charge in [0.2, 0.25) is 5.89 Å². The Kier molecular flexibility index (Phi) is 2.98. The third kappa shape index (κ3) is 1.97. The maximum absolute atomic E-state index is 5.56. The molecule has 3 rings (SSSR count). The molecule has 0 fully saturated rings. The van der Waals surface area contributed by atoms with E-state index in [9.17, 15) is 0 Å². The number of nitrogens with zero attached hydrogens (tertiary/aromatic N) is 3. The van der Waals surface area contributed by atoms with Crippen LogP contribution in [-0.4, -0.2) is 16.7 Å². The Morgan fingerprint density at radius 1 is 1.22 bits per heavy atom. The second-order valence-electron chi connectivity index (χ2n) is 4.42. The second-order valence-corrected chi connectivity index (χ2v) is 4.42. The lowest BCUT2D eigenvalue weighted by Crippen LogP contribution is -2.18. The Hall–Kier alpha value is -1.88. The smallest absolute Gasteiger partial charge is 0.322 e. The molecular formula is C13H16N4O. The van der Waals surface area contributed by atoms with Gasteiger partial charge in [0.05, 0.1) is 6.54 Å². The summed E-state index contributed by atoms with van der Waals surface area (Å²) in [5.41, 5.74) is 8.01. The van der Waals surface area contributed by atoms with Crippen molar-refractivity contribution in [3.8, 4) is 0 Å². The number of hydrogen-bond donors (Lipinski definition) is 1. The standard InChI is InChI=1S/C13H16N4O/c14-9-12-15-16-13(18-12)17-8-4-3-6-10-5-1-2-7-11(10)17/h1-2,5,7H,3-4,6,8-9,14H2. The number of anilines is 2. The molecule has 0 aliphatic carbocycles. The van der Waals surface area contributed by atoms with Gasteiger partial charge >= 0.3 is 6.01 Å². The predicted octanol–water partition coefficient (Wildman–Crippen LogP) is 2.00. The van der Waals surface area contributed by atoms with Crippen molar-refractivity contribution in [2.75, 3.05) is 11.4 Å². The summed E-state index contributed by atoms with van der Waals surface area (Å²) in [6, 6.07) is 8.92. The molecule has 0 unspecified atom stereocenters. The van der Waals surface area contributed by atoms with Crippen LogP contribution in [0.5, 0.6) is 0 Å². The largest absolute Gasteiger partial charge is 0.406 e. The first-order chi connectivity index (χ1) is 8.88. The van der Waals surface area contributed by atoms with Crippen molar-refractivity contribution in [2.45, 2.75) is 25.8 Å². The number of hydrogen-bond acceptors (Lipinski definition) is 5. The summed E-state index contributed by atoms with van der Waals surface area (Å²) >= 11 is 0. The number of para-hydroxylation sites is 1. The van der Waals surface area contributed by atoms with Crippen molar-refractivity contribution >= 4 is 11.7 Å². The first-order valence-corrected chi connectivity index (χ1v) is 6.26. The number of fused-ring (bicyclic) bond motifs is 1. The van der Waals surface area contributed by atoms with E-state index in [0.717, 1.165) is 19.4 Å². The highest BCUT2D eigenvalue weighted by Crippen LogP contribution is 2.31. The van der Waals surface area contributed by atoms with Gasteiger partial charge in [-0.2, -0.15) is 0 Å². The van der Waals surface area contributed by atoms with Crippen molar-refractivity contribution < 1.29 is 4.42 Å². The van der Waals surface area contributed by atoms with E-state index in [0.29, 0.717) is 11.9 Å². The van der Waals surface area contributed by atoms with Crippen LogP contribution in [0.4, 0.5) is 11.7 Å². The zero-order valence-corrected chi connectivity index (χ0v) is 10.2. The summed E-state index contributed by atoms with van der Waals surface area (Å²) in [5, 5.41) is 8.01. The number of rotatable bonds is 2. The summed E-state index contributed by atoms with van der Waals surface area (Å²) in [5.74, 6) is 0.478. The minimum atomic E-state index is 0.280. The summed E-state index contributed by atoms with van der Waals surface area (Å²) in [6.07, 6.45) is 3.41. The number of benzene rings is 1. The molecule has 0 saturated carbocycles. The van der Waals surface area contributed by atoms with E-state index in [2.05, 4.69) is 33.3 Å². The van der Waals surface area contributed by atoms with Gasteiger partial charge in [0.1, 0.15) is 0 Å². The van der Waals surface area contributed by atoms with Crippen molar-refractivity contribution in [3.05, 3.63) is 35.7 Å². The van der Waals surface area contributed by atoms with Crippen LogP contribution in [0.15, 0.2) is 28.7 Å². The molecule has 1 aliphatic rings. The Labute approximate surface area is 106 Å². The molecule has 0 amide bonds. The maximum Gasteiger partial charge on any atom is 0.322 e. The average molecular weight is 244 g/mol. The SMILES string of the molecule is NCc1nnc(N2CCCCc3ccccc32)o1. The second kappa shape index (κ2) is 4.78. The molecule has 0 bridgehead atoms. The van der Waals surface area contributed by atoms with Crippen LogP contribution in [-0.2, 0) is 13.0 Å². The van der Waals surface area contributed by atoms with Crippen LogP contribution >= 0.6 is 0 Å². The van der Waals surface area contributed by atoms with Crippen molar-refractivity contribution in [1.82, 2.24) is 10.2 Å². The van der Waals surface area contributed by atoms with E-state index < -0.39 is 0 Å². The fourth-order valence-electron chi connectivity index (χ4n) is 2.33. The Balaban J connectivity index is 2.00. The average Bonchev–Trinajstić information content (AvgIpc) is 2.78. The summed E-state index contributed by atoms with van der Waals surface area (Å²) in [4.78, 5) is 2.09. The lowest BCUT2D eigenvalue weighted by molar-refractivity contribution is 0.495. The molecule has 0 saturated heterocycles. The highest BCUT2D eigenvalue weighted by Gasteiger charge is 2.20. The fourth-order valence-corrected chi connectivity index (χ4v) is 2.33. The lowest BCUT2D eigenvalue weighted by atomic mass is 10.1. The molecule has 18 heavy (non-hydrogen) atoms. The number of nitrogens with two attached hydrogens (primary N) is 1. The van der Waals surface area contributed by atoms with Gasteiger partial charge in [-0.05, 0) is 30.9 Å². The zero-order valence-electron chi connectivity index (χ0n) is 10.2. The van der Waals surface area contributed by atoms with Gasteiger partial charge in [-0.1, -0.05) is 23.3 Å². The van der Waals surface area contributed by atoms with Crippen LogP contribution in [0.1, 0.15) is 24.3 Å². The fraction of sp³-hybridized carbons (Fsp3) is 0.385. The topological polar surface area (TPSA) is 68.2 Å². The van der Waals surface area contributed by atoms with Gasteiger partial charge in [-0.25, -0.2) is 0 Å². The third-order valence-electron chi connectivity index (χ3n) is 3.22. The first-order valence-electron chi connectivity index (χ1n) is 6.26. The van der Waals surface area contributed by atoms with Crippen molar-refractivity contribution in [1.29, 1.82) is 0 Å². The molecule has 2 heterocycles. The van der Waals surface area contributed by atoms with Crippen LogP contribution < -0.4 is 10.6 Å². The quantitative estimate of drug-likeness (QED) is 0.875. The number of aryl methyl sites for hydroxylation is 1. The number of aromatic nitrogens is 2. The molecule has 1 aliphatic heterocycles. The van der Waals surface area contributed by atoms with Gasteiger partial charge in [0.15, 0.2) is 0 Å². The first kappa shape index (κ1) is 11.2. The molecule has 2 aromatic rings. The highest BCUT2D eigenvalue weighted by molar-refractivity contribution is 5.61. The molecular weight excluding hydrogens is 228 g/mol. The van der Waals surface area contributed by atoms with E-state index in [1.807, 2.05) is 6.07 Å². The lowest BCUT2D eigenvalue weighted by Gasteiger charge is -2.19. The van der Waals surface area contributed by atoms with Gasteiger partial charge < -0.3 is 10.2 Å². The van der Waals surface area contributed by atoms with Crippen molar-refractivity contribution in [3.63, 3.8) is 0 Å². The molecule has 0 radical (unpaired) electrons. The van der Waals surface area contributed by atoms with E-state index in [1.54, 1.807) is 0 Å². The van der Waals surface area contributed by atoms with Gasteiger partial charge in [0.25, 0.3) is 0 Å². The minimum absolute atomic E-state index is 0.280. The summed E-state index contributed by atoms with van der Waals surface area (Å²) < 4.78 is 5.56.